The Balaban J connectivity index is -0.000000212. The first-order chi connectivity index (χ1) is 17.7. The number of primary amides is 1. The number of carbonyl (C=O) groups excluding carboxylic acids is 1. The lowest BCUT2D eigenvalue weighted by Gasteiger charge is -2.06. The fourth-order valence-corrected chi connectivity index (χ4v) is 1.56. The monoisotopic (exact) mass is 566 g/mol. The maximum absolute atomic E-state index is 10.7. The standard InChI is InChI=1S/C10H13NO3.C4H8N2O3.C3H7NO2.2C2H5NO2/c1-6(11)4-7-2-3-9(12)8(5-7)10(13)14;5-2(4(8)9)1-3(6)7;1-2(4)3(5)6;2*3-1-2(4)5/h2-3,5-6,12H,4,11H2,1H3,(H,13,14);2H,1,5H2,(H2,6,7)(H,8,9);2H,4H2,1H3,(H,5,6);2*1,3H2,(H,4,5)/t6-;2*2-;;/m100../s1. The van der Waals surface area contributed by atoms with Gasteiger partial charge in [0.2, 0.25) is 5.91 Å². The molecule has 0 spiro atoms. The average Bonchev–Trinajstić information content (AvgIpc) is 2.80. The molecule has 224 valence electrons. The Bertz CT molecular complexity index is 911. The van der Waals surface area contributed by atoms with Gasteiger partial charge >= 0.3 is 29.8 Å². The second kappa shape index (κ2) is 24.0. The number of nitrogens with two attached hydrogens (primary N) is 6. The van der Waals surface area contributed by atoms with Gasteiger partial charge in [0.25, 0.3) is 0 Å². The smallest absolute Gasteiger partial charge is 0.339 e. The van der Waals surface area contributed by atoms with E-state index in [0.29, 0.717) is 6.42 Å². The third kappa shape index (κ3) is 31.6. The highest BCUT2D eigenvalue weighted by molar-refractivity contribution is 5.90. The van der Waals surface area contributed by atoms with Crippen molar-refractivity contribution >= 4 is 35.8 Å². The molecule has 0 fully saturated rings. The van der Waals surface area contributed by atoms with Gasteiger partial charge in [-0.3, -0.25) is 24.0 Å². The summed E-state index contributed by atoms with van der Waals surface area (Å²) in [6, 6.07) is 2.57. The van der Waals surface area contributed by atoms with E-state index in [2.05, 4.69) is 17.2 Å². The van der Waals surface area contributed by atoms with Crippen LogP contribution in [0.5, 0.6) is 5.75 Å². The molecule has 1 rings (SSSR count). The minimum atomic E-state index is -1.21. The highest BCUT2D eigenvalue weighted by atomic mass is 16.4. The molecule has 18 nitrogen and oxygen atoms in total. The summed E-state index contributed by atoms with van der Waals surface area (Å²) in [5, 5.41) is 49.1. The molecule has 0 aliphatic carbocycles. The van der Waals surface area contributed by atoms with Crippen molar-refractivity contribution in [1.82, 2.24) is 0 Å². The molecule has 39 heavy (non-hydrogen) atoms. The van der Waals surface area contributed by atoms with E-state index in [1.54, 1.807) is 6.07 Å². The number of aliphatic carboxylic acids is 4. The summed E-state index contributed by atoms with van der Waals surface area (Å²) in [7, 11) is 0. The third-order valence-electron chi connectivity index (χ3n) is 3.33. The first kappa shape index (κ1) is 41.8. The predicted molar refractivity (Wildman–Crippen MR) is 137 cm³/mol. The van der Waals surface area contributed by atoms with E-state index in [0.717, 1.165) is 5.56 Å². The number of aromatic hydroxyl groups is 1. The Morgan fingerprint density at radius 1 is 0.795 bits per heavy atom. The summed E-state index contributed by atoms with van der Waals surface area (Å²) in [6.07, 6.45) is 0.288. The molecule has 1 aromatic carbocycles. The van der Waals surface area contributed by atoms with Gasteiger partial charge in [-0.1, -0.05) is 6.07 Å². The number of amides is 1. The van der Waals surface area contributed by atoms with Crippen LogP contribution in [0.4, 0.5) is 0 Å². The van der Waals surface area contributed by atoms with E-state index in [1.165, 1.54) is 19.1 Å². The first-order valence-electron chi connectivity index (χ1n) is 10.6. The predicted octanol–water partition coefficient (Wildman–Crippen LogP) is -3.27. The second-order valence-electron chi connectivity index (χ2n) is 7.28. The molecule has 0 aliphatic rings. The van der Waals surface area contributed by atoms with Crippen molar-refractivity contribution in [2.45, 2.75) is 44.8 Å². The van der Waals surface area contributed by atoms with Crippen LogP contribution in [0.25, 0.3) is 0 Å². The molecule has 0 bridgehead atoms. The normalized spacial score (nSPS) is 11.4. The van der Waals surface area contributed by atoms with Crippen LogP contribution in [-0.2, 0) is 30.4 Å². The van der Waals surface area contributed by atoms with Crippen LogP contribution in [0.2, 0.25) is 0 Å². The number of aromatic carboxylic acids is 1. The molecule has 0 saturated carbocycles. The lowest BCUT2D eigenvalue weighted by molar-refractivity contribution is -0.140. The van der Waals surface area contributed by atoms with Crippen LogP contribution in [0.1, 0.15) is 36.2 Å². The van der Waals surface area contributed by atoms with E-state index in [-0.39, 0.29) is 36.9 Å². The zero-order valence-corrected chi connectivity index (χ0v) is 21.4. The maximum atomic E-state index is 10.7. The molecule has 3 atom stereocenters. The number of rotatable bonds is 9. The topological polar surface area (TPSA) is 380 Å². The Labute approximate surface area is 223 Å². The van der Waals surface area contributed by atoms with Crippen LogP contribution in [0.3, 0.4) is 0 Å². The number of hydrogen-bond donors (Lipinski definition) is 12. The molecule has 0 radical (unpaired) electrons. The van der Waals surface area contributed by atoms with Gasteiger partial charge in [0.05, 0.1) is 19.5 Å². The molecule has 0 heterocycles. The van der Waals surface area contributed by atoms with Gasteiger partial charge in [0, 0.05) is 6.04 Å². The van der Waals surface area contributed by atoms with Crippen molar-refractivity contribution in [3.8, 4) is 5.75 Å². The van der Waals surface area contributed by atoms with E-state index < -0.39 is 47.8 Å². The Morgan fingerprint density at radius 2 is 1.18 bits per heavy atom. The van der Waals surface area contributed by atoms with Gasteiger partial charge in [-0.05, 0) is 38.0 Å². The zero-order chi connectivity index (χ0) is 31.9. The molecule has 0 aromatic heterocycles. The fraction of sp³-hybridized carbons (Fsp3) is 0.429. The zero-order valence-electron chi connectivity index (χ0n) is 21.4. The van der Waals surface area contributed by atoms with Gasteiger partial charge in [0.15, 0.2) is 0 Å². The van der Waals surface area contributed by atoms with Crippen molar-refractivity contribution in [2.75, 3.05) is 13.1 Å². The summed E-state index contributed by atoms with van der Waals surface area (Å²) in [4.78, 5) is 58.6. The summed E-state index contributed by atoms with van der Waals surface area (Å²) >= 11 is 0. The summed E-state index contributed by atoms with van der Waals surface area (Å²) in [5.41, 5.74) is 29.9. The van der Waals surface area contributed by atoms with Crippen LogP contribution >= 0.6 is 0 Å². The fourth-order valence-electron chi connectivity index (χ4n) is 1.56. The van der Waals surface area contributed by atoms with Gasteiger partial charge in [0.1, 0.15) is 23.4 Å². The van der Waals surface area contributed by atoms with E-state index >= 15 is 0 Å². The molecule has 1 amide bonds. The molecular formula is C21H38N6O12. The molecule has 0 aliphatic heterocycles. The minimum Gasteiger partial charge on any atom is -0.507 e. The third-order valence-corrected chi connectivity index (χ3v) is 3.33. The van der Waals surface area contributed by atoms with E-state index in [1.807, 2.05) is 6.92 Å². The largest absolute Gasteiger partial charge is 0.507 e. The summed E-state index contributed by atoms with van der Waals surface area (Å²) < 4.78 is 0. The Kier molecular flexibility index (Phi) is 25.7. The van der Waals surface area contributed by atoms with Crippen molar-refractivity contribution in [3.05, 3.63) is 29.3 Å². The Morgan fingerprint density at radius 3 is 1.38 bits per heavy atom. The van der Waals surface area contributed by atoms with Crippen LogP contribution in [-0.4, -0.2) is 97.6 Å². The van der Waals surface area contributed by atoms with Gasteiger partial charge in [-0.15, -0.1) is 0 Å². The summed E-state index contributed by atoms with van der Waals surface area (Å²) in [6.45, 7) is 2.70. The molecule has 0 saturated heterocycles. The van der Waals surface area contributed by atoms with Crippen LogP contribution in [0, 0.1) is 0 Å². The van der Waals surface area contributed by atoms with Crippen molar-refractivity contribution in [3.63, 3.8) is 0 Å². The number of phenols is 1. The van der Waals surface area contributed by atoms with Crippen LogP contribution in [0.15, 0.2) is 18.2 Å². The molecule has 18 heteroatoms. The number of carboxylic acid groups (broad SMARTS) is 5. The number of carboxylic acids is 5. The van der Waals surface area contributed by atoms with Crippen molar-refractivity contribution in [2.24, 2.45) is 34.4 Å². The number of benzene rings is 1. The van der Waals surface area contributed by atoms with E-state index in [4.69, 9.17) is 42.7 Å². The molecule has 1 aromatic rings. The van der Waals surface area contributed by atoms with Gasteiger partial charge in [-0.2, -0.15) is 0 Å². The van der Waals surface area contributed by atoms with Crippen molar-refractivity contribution in [1.29, 1.82) is 0 Å². The number of hydrogen-bond acceptors (Lipinski definition) is 12. The lowest BCUT2D eigenvalue weighted by atomic mass is 10.0. The summed E-state index contributed by atoms with van der Waals surface area (Å²) in [5.74, 6) is -6.16. The SMILES string of the molecule is C[C@@H](N)Cc1ccc(O)c(C(=O)O)c1.C[C@H](N)C(=O)O.NC(=O)C[C@H](N)C(=O)O.NCC(=O)O.NCC(=O)O. The Hall–Kier alpha value is -4.36. The second-order valence-corrected chi connectivity index (χ2v) is 7.28. The van der Waals surface area contributed by atoms with Gasteiger partial charge in [-0.25, -0.2) is 4.79 Å². The van der Waals surface area contributed by atoms with Crippen LogP contribution < -0.4 is 34.4 Å². The first-order valence-corrected chi connectivity index (χ1v) is 10.6. The highest BCUT2D eigenvalue weighted by Crippen LogP contribution is 2.19. The minimum absolute atomic E-state index is 0.0267. The quantitative estimate of drug-likeness (QED) is 0.139. The average molecular weight is 567 g/mol. The molecular weight excluding hydrogens is 528 g/mol. The maximum Gasteiger partial charge on any atom is 0.339 e. The van der Waals surface area contributed by atoms with E-state index in [9.17, 15) is 33.9 Å². The highest BCUT2D eigenvalue weighted by Gasteiger charge is 2.13. The molecule has 18 N–H and O–H groups in total. The molecule has 0 unspecified atom stereocenters. The van der Waals surface area contributed by atoms with Gasteiger partial charge < -0.3 is 65.0 Å². The lowest BCUT2D eigenvalue weighted by Crippen LogP contribution is -2.34. The van der Waals surface area contributed by atoms with Crippen molar-refractivity contribution < 1.29 is 59.4 Å². The number of carbonyl (C=O) groups is 6.